The van der Waals surface area contributed by atoms with Gasteiger partial charge in [-0.2, -0.15) is 0 Å². The van der Waals surface area contributed by atoms with Gasteiger partial charge < -0.3 is 9.80 Å². The van der Waals surface area contributed by atoms with E-state index in [0.717, 1.165) is 77.9 Å². The van der Waals surface area contributed by atoms with Crippen LogP contribution in [-0.2, 0) is 13.1 Å². The monoisotopic (exact) mass is 580 g/mol. The van der Waals surface area contributed by atoms with E-state index < -0.39 is 0 Å². The van der Waals surface area contributed by atoms with E-state index in [9.17, 15) is 4.79 Å². The fraction of sp³-hybridized carbons (Fsp3) is 0.345. The Balaban J connectivity index is 1.04. The zero-order chi connectivity index (χ0) is 26.8. The largest absolute Gasteiger partial charge is 0.345 e. The normalized spacial score (nSPS) is 17.2. The lowest BCUT2D eigenvalue weighted by Gasteiger charge is -2.34. The number of aromatic nitrogens is 2. The van der Waals surface area contributed by atoms with Crippen LogP contribution in [0.15, 0.2) is 60.8 Å². The van der Waals surface area contributed by atoms with Crippen molar-refractivity contribution in [2.45, 2.75) is 13.1 Å². The first-order valence-electron chi connectivity index (χ1n) is 13.2. The van der Waals surface area contributed by atoms with Gasteiger partial charge in [0.05, 0.1) is 5.56 Å². The standard InChI is InChI=1S/C29H30Cl2N6OS/c30-24-5-1-21(2-6-24)19-34-9-13-36(14-10-34)28(38)23-17-26-27(32-18-23)39-29(33-26)37-15-11-35(12-16-37)20-22-3-7-25(31)8-4-22/h1-8,17-18H,9-16,19-20H2. The molecule has 39 heavy (non-hydrogen) atoms. The van der Waals surface area contributed by atoms with Crippen LogP contribution in [0.3, 0.4) is 0 Å². The molecule has 202 valence electrons. The molecular weight excluding hydrogens is 551 g/mol. The highest BCUT2D eigenvalue weighted by molar-refractivity contribution is 7.21. The van der Waals surface area contributed by atoms with Gasteiger partial charge in [-0.25, -0.2) is 9.97 Å². The van der Waals surface area contributed by atoms with Gasteiger partial charge in [0.25, 0.3) is 5.91 Å². The molecule has 0 unspecified atom stereocenters. The lowest BCUT2D eigenvalue weighted by molar-refractivity contribution is 0.0628. The topological polar surface area (TPSA) is 55.8 Å². The SMILES string of the molecule is O=C(c1cnc2sc(N3CCN(Cc4ccc(Cl)cc4)CC3)nc2c1)N1CCN(Cc2ccc(Cl)cc2)CC1. The van der Waals surface area contributed by atoms with Gasteiger partial charge in [0.1, 0.15) is 10.3 Å². The van der Waals surface area contributed by atoms with Crippen molar-refractivity contribution >= 4 is 55.9 Å². The van der Waals surface area contributed by atoms with Crippen molar-refractivity contribution in [3.8, 4) is 0 Å². The minimum atomic E-state index is 0.0286. The second kappa shape index (κ2) is 11.8. The maximum Gasteiger partial charge on any atom is 0.255 e. The lowest BCUT2D eigenvalue weighted by atomic mass is 10.2. The van der Waals surface area contributed by atoms with Crippen LogP contribution in [0.2, 0.25) is 10.0 Å². The van der Waals surface area contributed by atoms with Gasteiger partial charge in [0, 0.05) is 81.7 Å². The van der Waals surface area contributed by atoms with Crippen LogP contribution in [0, 0.1) is 0 Å². The molecular formula is C29H30Cl2N6OS. The average Bonchev–Trinajstić information content (AvgIpc) is 3.39. The molecule has 2 fully saturated rings. The van der Waals surface area contributed by atoms with Gasteiger partial charge in [-0.3, -0.25) is 14.6 Å². The number of fused-ring (bicyclic) bond motifs is 1. The molecule has 0 saturated carbocycles. The third kappa shape index (κ3) is 6.36. The third-order valence-electron chi connectivity index (χ3n) is 7.42. The number of carbonyl (C=O) groups excluding carboxylic acids is 1. The number of piperazine rings is 2. The Labute approximate surface area is 242 Å². The molecule has 1 amide bonds. The van der Waals surface area contributed by atoms with Crippen LogP contribution in [-0.4, -0.2) is 82.9 Å². The lowest BCUT2D eigenvalue weighted by Crippen LogP contribution is -2.48. The van der Waals surface area contributed by atoms with Crippen molar-refractivity contribution in [1.82, 2.24) is 24.7 Å². The predicted octanol–water partition coefficient (Wildman–Crippen LogP) is 5.28. The van der Waals surface area contributed by atoms with Crippen LogP contribution < -0.4 is 4.90 Å². The summed E-state index contributed by atoms with van der Waals surface area (Å²) >= 11 is 13.6. The molecule has 2 saturated heterocycles. The summed E-state index contributed by atoms with van der Waals surface area (Å²) in [5.74, 6) is 0.0286. The summed E-state index contributed by atoms with van der Waals surface area (Å²) in [6, 6.07) is 17.9. The molecule has 0 aliphatic carbocycles. The minimum Gasteiger partial charge on any atom is -0.345 e. The Morgan fingerprint density at radius 3 is 1.87 bits per heavy atom. The highest BCUT2D eigenvalue weighted by atomic mass is 35.5. The number of anilines is 1. The molecule has 10 heteroatoms. The number of amides is 1. The molecule has 0 radical (unpaired) electrons. The summed E-state index contributed by atoms with van der Waals surface area (Å²) in [7, 11) is 0. The number of hydrogen-bond acceptors (Lipinski definition) is 7. The fourth-order valence-electron chi connectivity index (χ4n) is 5.15. The molecule has 4 heterocycles. The Morgan fingerprint density at radius 2 is 1.31 bits per heavy atom. The molecule has 4 aromatic rings. The van der Waals surface area contributed by atoms with Gasteiger partial charge in [-0.05, 0) is 41.5 Å². The van der Waals surface area contributed by atoms with Gasteiger partial charge in [0.15, 0.2) is 5.13 Å². The van der Waals surface area contributed by atoms with Crippen molar-refractivity contribution in [2.75, 3.05) is 57.3 Å². The van der Waals surface area contributed by atoms with Crippen LogP contribution in [0.5, 0.6) is 0 Å². The number of carbonyl (C=O) groups is 1. The van der Waals surface area contributed by atoms with E-state index in [0.29, 0.717) is 18.7 Å². The zero-order valence-corrected chi connectivity index (χ0v) is 23.9. The molecule has 6 rings (SSSR count). The van der Waals surface area contributed by atoms with Crippen LogP contribution in [0.25, 0.3) is 10.3 Å². The van der Waals surface area contributed by atoms with Crippen molar-refractivity contribution in [1.29, 1.82) is 0 Å². The first kappa shape index (κ1) is 26.5. The minimum absolute atomic E-state index is 0.0286. The summed E-state index contributed by atoms with van der Waals surface area (Å²) in [6.07, 6.45) is 1.71. The number of rotatable bonds is 6. The van der Waals surface area contributed by atoms with E-state index in [4.69, 9.17) is 28.2 Å². The highest BCUT2D eigenvalue weighted by Crippen LogP contribution is 2.29. The molecule has 7 nitrogen and oxygen atoms in total. The van der Waals surface area contributed by atoms with Crippen LogP contribution in [0.1, 0.15) is 21.5 Å². The fourth-order valence-corrected chi connectivity index (χ4v) is 6.34. The number of nitrogens with zero attached hydrogens (tertiary/aromatic N) is 6. The molecule has 0 spiro atoms. The van der Waals surface area contributed by atoms with Gasteiger partial charge in [-0.15, -0.1) is 0 Å². The molecule has 2 aromatic carbocycles. The molecule has 0 N–H and O–H groups in total. The van der Waals surface area contributed by atoms with E-state index in [1.54, 1.807) is 17.5 Å². The quantitative estimate of drug-likeness (QED) is 0.309. The molecule has 0 bridgehead atoms. The van der Waals surface area contributed by atoms with E-state index in [1.165, 1.54) is 11.1 Å². The Kier molecular flexibility index (Phi) is 7.99. The second-order valence-corrected chi connectivity index (χ2v) is 12.0. The van der Waals surface area contributed by atoms with E-state index in [1.807, 2.05) is 35.2 Å². The van der Waals surface area contributed by atoms with Gasteiger partial charge in [0.2, 0.25) is 0 Å². The Morgan fingerprint density at radius 1 is 0.769 bits per heavy atom. The first-order valence-corrected chi connectivity index (χ1v) is 14.8. The number of hydrogen-bond donors (Lipinski definition) is 0. The second-order valence-electron chi connectivity index (χ2n) is 10.1. The number of thiazole rings is 1. The smallest absolute Gasteiger partial charge is 0.255 e. The van der Waals surface area contributed by atoms with E-state index in [2.05, 4.69) is 43.9 Å². The number of pyridine rings is 1. The zero-order valence-electron chi connectivity index (χ0n) is 21.6. The van der Waals surface area contributed by atoms with Crippen LogP contribution in [0.4, 0.5) is 5.13 Å². The summed E-state index contributed by atoms with van der Waals surface area (Å²) < 4.78 is 0. The van der Waals surface area contributed by atoms with Crippen molar-refractivity contribution in [2.24, 2.45) is 0 Å². The van der Waals surface area contributed by atoms with Crippen molar-refractivity contribution < 1.29 is 4.79 Å². The van der Waals surface area contributed by atoms with Crippen LogP contribution >= 0.6 is 34.5 Å². The molecule has 2 aromatic heterocycles. The number of halogens is 2. The summed E-state index contributed by atoms with van der Waals surface area (Å²) in [6.45, 7) is 8.65. The predicted molar refractivity (Wildman–Crippen MR) is 159 cm³/mol. The summed E-state index contributed by atoms with van der Waals surface area (Å²) in [4.78, 5) is 32.7. The van der Waals surface area contributed by atoms with E-state index >= 15 is 0 Å². The summed E-state index contributed by atoms with van der Waals surface area (Å²) in [5.41, 5.74) is 3.91. The summed E-state index contributed by atoms with van der Waals surface area (Å²) in [5, 5.41) is 2.49. The average molecular weight is 582 g/mol. The first-order chi connectivity index (χ1) is 19.0. The van der Waals surface area contributed by atoms with Gasteiger partial charge >= 0.3 is 0 Å². The third-order valence-corrected chi connectivity index (χ3v) is 8.97. The molecule has 0 atom stereocenters. The van der Waals surface area contributed by atoms with Crippen molar-refractivity contribution in [3.63, 3.8) is 0 Å². The number of benzene rings is 2. The highest BCUT2D eigenvalue weighted by Gasteiger charge is 2.24. The Hall–Kier alpha value is -2.75. The maximum atomic E-state index is 13.3. The van der Waals surface area contributed by atoms with E-state index in [-0.39, 0.29) is 5.91 Å². The van der Waals surface area contributed by atoms with Gasteiger partial charge in [-0.1, -0.05) is 58.8 Å². The Bertz CT molecular complexity index is 1430. The molecule has 2 aliphatic rings. The maximum absolute atomic E-state index is 13.3. The molecule has 2 aliphatic heterocycles. The van der Waals surface area contributed by atoms with Crippen molar-refractivity contribution in [3.05, 3.63) is 87.5 Å².